The number of aliphatic carboxylic acids is 3. The highest BCUT2D eigenvalue weighted by Gasteiger charge is 2.21. The summed E-state index contributed by atoms with van der Waals surface area (Å²) in [5.74, 6) is -3.60. The monoisotopic (exact) mass is 707 g/mol. The zero-order valence-electron chi connectivity index (χ0n) is 29.3. The van der Waals surface area contributed by atoms with Crippen LogP contribution in [0.1, 0.15) is 27.2 Å². The molecule has 1 saturated heterocycles. The number of carbonyl (C=O) groups excluding carboxylic acids is 2. The number of nitrogens with zero attached hydrogens (tertiary/aromatic N) is 4. The second kappa shape index (κ2) is 25.9. The van der Waals surface area contributed by atoms with Crippen LogP contribution in [0.4, 0.5) is 0 Å². The molecule has 18 nitrogen and oxygen atoms in total. The van der Waals surface area contributed by atoms with Gasteiger partial charge in [-0.25, -0.2) is 0 Å². The van der Waals surface area contributed by atoms with Crippen LogP contribution in [-0.2, 0) is 47.7 Å². The Bertz CT molecular complexity index is 950. The Kier molecular flexibility index (Phi) is 23.3. The van der Waals surface area contributed by atoms with E-state index in [-0.39, 0.29) is 64.2 Å². The summed E-state index contributed by atoms with van der Waals surface area (Å²) in [6.07, 6.45) is 0.186. The quantitative estimate of drug-likeness (QED) is 0.0693. The summed E-state index contributed by atoms with van der Waals surface area (Å²) in [4.78, 5) is 65.4. The van der Waals surface area contributed by atoms with Crippen LogP contribution in [0.3, 0.4) is 0 Å². The maximum atomic E-state index is 12.7. The summed E-state index contributed by atoms with van der Waals surface area (Å²) < 4.78 is 26.9. The Hall–Kier alpha value is -2.97. The van der Waals surface area contributed by atoms with Crippen LogP contribution in [0.5, 0.6) is 0 Å². The zero-order valence-corrected chi connectivity index (χ0v) is 29.3. The van der Waals surface area contributed by atoms with Crippen molar-refractivity contribution < 1.29 is 63.0 Å². The molecule has 284 valence electrons. The average molecular weight is 708 g/mol. The van der Waals surface area contributed by atoms with E-state index in [9.17, 15) is 39.3 Å². The van der Waals surface area contributed by atoms with Crippen LogP contribution in [0.2, 0.25) is 0 Å². The van der Waals surface area contributed by atoms with E-state index in [4.69, 9.17) is 23.7 Å². The molecule has 0 unspecified atom stereocenters. The molecule has 18 heteroatoms. The van der Waals surface area contributed by atoms with Crippen molar-refractivity contribution >= 4 is 29.8 Å². The van der Waals surface area contributed by atoms with Gasteiger partial charge < -0.3 is 44.3 Å². The Morgan fingerprint density at radius 2 is 0.857 bits per heavy atom. The summed E-state index contributed by atoms with van der Waals surface area (Å²) in [7, 11) is 0. The van der Waals surface area contributed by atoms with Crippen molar-refractivity contribution in [3.8, 4) is 0 Å². The molecule has 0 bridgehead atoms. The fraction of sp³-hybridized carbons (Fsp3) is 0.839. The van der Waals surface area contributed by atoms with Crippen LogP contribution in [0.15, 0.2) is 0 Å². The molecule has 1 rings (SSSR count). The fourth-order valence-corrected chi connectivity index (χ4v) is 4.62. The van der Waals surface area contributed by atoms with E-state index in [1.807, 2.05) is 25.7 Å². The zero-order chi connectivity index (χ0) is 36.5. The molecule has 1 amide bonds. The lowest BCUT2D eigenvalue weighted by atomic mass is 10.2. The van der Waals surface area contributed by atoms with Crippen LogP contribution in [0, 0.1) is 0 Å². The molecular formula is C31H57N5O13. The Balaban J connectivity index is 2.31. The van der Waals surface area contributed by atoms with Gasteiger partial charge in [0, 0.05) is 58.9 Å². The van der Waals surface area contributed by atoms with Crippen LogP contribution in [-0.4, -0.2) is 208 Å². The Morgan fingerprint density at radius 3 is 1.20 bits per heavy atom. The molecule has 0 saturated carbocycles. The first kappa shape index (κ1) is 44.1. The Labute approximate surface area is 288 Å². The SMILES string of the molecule is CC(C)(C)OC(=O)CCOCCOCCOCCOCCNC(=O)CN1CCN(CC(=O)O)CCN(CC(=O)O)CCN(CC(=O)O)CC1. The number of rotatable bonds is 23. The summed E-state index contributed by atoms with van der Waals surface area (Å²) in [6, 6.07) is 0. The van der Waals surface area contributed by atoms with Gasteiger partial charge in [-0.3, -0.25) is 43.6 Å². The molecule has 4 N–H and O–H groups in total. The molecule has 0 aliphatic carbocycles. The lowest BCUT2D eigenvalue weighted by molar-refractivity contribution is -0.156. The molecule has 0 aromatic carbocycles. The van der Waals surface area contributed by atoms with E-state index < -0.39 is 23.5 Å². The molecule has 1 fully saturated rings. The highest BCUT2D eigenvalue weighted by Crippen LogP contribution is 2.08. The number of carboxylic acid groups (broad SMARTS) is 3. The van der Waals surface area contributed by atoms with Crippen LogP contribution < -0.4 is 5.32 Å². The van der Waals surface area contributed by atoms with Crippen molar-refractivity contribution in [2.45, 2.75) is 32.8 Å². The minimum Gasteiger partial charge on any atom is -0.480 e. The molecule has 1 heterocycles. The van der Waals surface area contributed by atoms with Gasteiger partial charge >= 0.3 is 23.9 Å². The fourth-order valence-electron chi connectivity index (χ4n) is 4.62. The molecule has 0 aromatic rings. The minimum atomic E-state index is -1.02. The highest BCUT2D eigenvalue weighted by molar-refractivity contribution is 5.78. The normalized spacial score (nSPS) is 16.4. The van der Waals surface area contributed by atoms with Gasteiger partial charge in [0.1, 0.15) is 5.60 Å². The maximum Gasteiger partial charge on any atom is 0.317 e. The van der Waals surface area contributed by atoms with Crippen molar-refractivity contribution in [1.82, 2.24) is 24.9 Å². The molecule has 0 aromatic heterocycles. The summed E-state index contributed by atoms with van der Waals surface area (Å²) in [5, 5.41) is 30.8. The van der Waals surface area contributed by atoms with Gasteiger partial charge in [0.2, 0.25) is 5.91 Å². The number of nitrogens with one attached hydrogen (secondary N) is 1. The molecular weight excluding hydrogens is 650 g/mol. The van der Waals surface area contributed by atoms with E-state index in [0.717, 1.165) is 0 Å². The molecule has 1 aliphatic rings. The molecule has 0 spiro atoms. The smallest absolute Gasteiger partial charge is 0.317 e. The van der Waals surface area contributed by atoms with E-state index >= 15 is 0 Å². The summed E-state index contributed by atoms with van der Waals surface area (Å²) in [5.41, 5.74) is -0.513. The second-order valence-corrected chi connectivity index (χ2v) is 12.4. The van der Waals surface area contributed by atoms with E-state index in [2.05, 4.69) is 5.32 Å². The van der Waals surface area contributed by atoms with Crippen LogP contribution >= 0.6 is 0 Å². The van der Waals surface area contributed by atoms with Crippen molar-refractivity contribution in [1.29, 1.82) is 0 Å². The number of amides is 1. The van der Waals surface area contributed by atoms with E-state index in [1.165, 1.54) is 0 Å². The van der Waals surface area contributed by atoms with Gasteiger partial charge in [-0.1, -0.05) is 0 Å². The first-order valence-corrected chi connectivity index (χ1v) is 16.6. The number of hydrogen-bond donors (Lipinski definition) is 4. The standard InChI is InChI=1S/C31H57N5O13/c1-31(2,3)49-30(44)4-14-45-16-18-47-20-21-48-19-17-46-15-5-32-26(37)22-33-6-8-34(23-27(38)39)10-12-36(25-29(42)43)13-11-35(9-7-33)24-28(40)41/h4-25H2,1-3H3,(H,32,37)(H,38,39)(H,40,41)(H,42,43). The van der Waals surface area contributed by atoms with Gasteiger partial charge in [-0.05, 0) is 20.8 Å². The van der Waals surface area contributed by atoms with Gasteiger partial charge in [-0.2, -0.15) is 0 Å². The number of esters is 1. The summed E-state index contributed by atoms with van der Waals surface area (Å²) >= 11 is 0. The number of carboxylic acids is 3. The van der Waals surface area contributed by atoms with Crippen LogP contribution in [0.25, 0.3) is 0 Å². The number of ether oxygens (including phenoxy) is 5. The third-order valence-corrected chi connectivity index (χ3v) is 6.93. The van der Waals surface area contributed by atoms with Gasteiger partial charge in [0.15, 0.2) is 0 Å². The largest absolute Gasteiger partial charge is 0.480 e. The van der Waals surface area contributed by atoms with E-state index in [0.29, 0.717) is 92.0 Å². The minimum absolute atomic E-state index is 0.0326. The maximum absolute atomic E-state index is 12.7. The van der Waals surface area contributed by atoms with Gasteiger partial charge in [0.25, 0.3) is 0 Å². The van der Waals surface area contributed by atoms with Crippen molar-refractivity contribution in [3.05, 3.63) is 0 Å². The lowest BCUT2D eigenvalue weighted by Gasteiger charge is -2.32. The third-order valence-electron chi connectivity index (χ3n) is 6.93. The van der Waals surface area contributed by atoms with Crippen molar-refractivity contribution in [2.24, 2.45) is 0 Å². The first-order chi connectivity index (χ1) is 23.2. The van der Waals surface area contributed by atoms with Gasteiger partial charge in [-0.15, -0.1) is 0 Å². The lowest BCUT2D eigenvalue weighted by Crippen LogP contribution is -2.50. The molecule has 49 heavy (non-hydrogen) atoms. The topological polar surface area (TPSA) is 217 Å². The summed E-state index contributed by atoms with van der Waals surface area (Å²) in [6.45, 7) is 10.4. The average Bonchev–Trinajstić information content (AvgIpc) is 2.98. The first-order valence-electron chi connectivity index (χ1n) is 16.6. The van der Waals surface area contributed by atoms with Crippen molar-refractivity contribution in [2.75, 3.05) is 138 Å². The highest BCUT2D eigenvalue weighted by atomic mass is 16.6. The molecule has 1 aliphatic heterocycles. The third kappa shape index (κ3) is 26.6. The number of hydrogen-bond acceptors (Lipinski definition) is 14. The van der Waals surface area contributed by atoms with Crippen molar-refractivity contribution in [3.63, 3.8) is 0 Å². The molecule has 0 radical (unpaired) electrons. The predicted octanol–water partition coefficient (Wildman–Crippen LogP) is -1.62. The number of carbonyl (C=O) groups is 5. The Morgan fingerprint density at radius 1 is 0.531 bits per heavy atom. The predicted molar refractivity (Wildman–Crippen MR) is 175 cm³/mol. The van der Waals surface area contributed by atoms with E-state index in [1.54, 1.807) is 14.7 Å². The molecule has 0 atom stereocenters. The van der Waals surface area contributed by atoms with Gasteiger partial charge in [0.05, 0.1) is 85.5 Å². The second-order valence-electron chi connectivity index (χ2n) is 12.4.